The smallest absolute Gasteiger partial charge is 0.0814 e. The van der Waals surface area contributed by atoms with E-state index in [9.17, 15) is 0 Å². The van der Waals surface area contributed by atoms with Gasteiger partial charge in [0.15, 0.2) is 0 Å². The SMILES string of the molecule is Cc1nn(-c2ccccc2)c2ccnc(-c3ccccc3)c12. The number of benzene rings is 2. The second-order valence-corrected chi connectivity index (χ2v) is 5.25. The molecule has 2 aromatic carbocycles. The second kappa shape index (κ2) is 5.11. The molecule has 0 spiro atoms. The molecule has 0 unspecified atom stereocenters. The van der Waals surface area contributed by atoms with Gasteiger partial charge in [0.1, 0.15) is 0 Å². The van der Waals surface area contributed by atoms with Crippen LogP contribution in [0.2, 0.25) is 0 Å². The lowest BCUT2D eigenvalue weighted by molar-refractivity contribution is 0.889. The highest BCUT2D eigenvalue weighted by molar-refractivity contribution is 5.95. The monoisotopic (exact) mass is 285 g/mol. The van der Waals surface area contributed by atoms with Crippen molar-refractivity contribution in [2.45, 2.75) is 6.92 Å². The Labute approximate surface area is 128 Å². The molecular weight excluding hydrogens is 270 g/mol. The molecule has 0 aliphatic rings. The van der Waals surface area contributed by atoms with Crippen molar-refractivity contribution in [2.24, 2.45) is 0 Å². The molecule has 4 aromatic rings. The van der Waals surface area contributed by atoms with Crippen molar-refractivity contribution < 1.29 is 0 Å². The van der Waals surface area contributed by atoms with Gasteiger partial charge >= 0.3 is 0 Å². The summed E-state index contributed by atoms with van der Waals surface area (Å²) in [6, 6.07) is 22.5. The predicted octanol–water partition coefficient (Wildman–Crippen LogP) is 4.40. The molecule has 0 aliphatic heterocycles. The lowest BCUT2D eigenvalue weighted by Crippen LogP contribution is -1.95. The molecule has 4 rings (SSSR count). The molecule has 3 nitrogen and oxygen atoms in total. The maximum absolute atomic E-state index is 4.72. The van der Waals surface area contributed by atoms with Crippen LogP contribution in [0.4, 0.5) is 0 Å². The van der Waals surface area contributed by atoms with Crippen molar-refractivity contribution in [3.8, 4) is 16.9 Å². The average Bonchev–Trinajstić information content (AvgIpc) is 2.94. The van der Waals surface area contributed by atoms with Crippen LogP contribution in [-0.2, 0) is 0 Å². The summed E-state index contributed by atoms with van der Waals surface area (Å²) in [5.41, 5.74) is 5.23. The van der Waals surface area contributed by atoms with Gasteiger partial charge in [0, 0.05) is 17.1 Å². The molecule has 0 amide bonds. The van der Waals surface area contributed by atoms with Gasteiger partial charge in [-0.2, -0.15) is 5.10 Å². The first-order valence-electron chi connectivity index (χ1n) is 7.30. The van der Waals surface area contributed by atoms with Crippen molar-refractivity contribution >= 4 is 10.9 Å². The van der Waals surface area contributed by atoms with E-state index in [2.05, 4.69) is 29.2 Å². The Balaban J connectivity index is 2.02. The van der Waals surface area contributed by atoms with Gasteiger partial charge in [-0.05, 0) is 25.1 Å². The van der Waals surface area contributed by atoms with Gasteiger partial charge in [-0.1, -0.05) is 48.5 Å². The van der Waals surface area contributed by atoms with E-state index in [0.29, 0.717) is 0 Å². The number of aromatic nitrogens is 3. The molecule has 0 bridgehead atoms. The number of rotatable bonds is 2. The number of hydrogen-bond donors (Lipinski definition) is 0. The zero-order chi connectivity index (χ0) is 14.9. The van der Waals surface area contributed by atoms with Gasteiger partial charge in [-0.3, -0.25) is 4.98 Å². The van der Waals surface area contributed by atoms with E-state index in [-0.39, 0.29) is 0 Å². The van der Waals surface area contributed by atoms with Gasteiger partial charge in [0.25, 0.3) is 0 Å². The number of hydrogen-bond acceptors (Lipinski definition) is 2. The van der Waals surface area contributed by atoms with Crippen LogP contribution in [0, 0.1) is 6.92 Å². The first-order valence-corrected chi connectivity index (χ1v) is 7.30. The lowest BCUT2D eigenvalue weighted by Gasteiger charge is -2.05. The Kier molecular flexibility index (Phi) is 2.97. The summed E-state index contributed by atoms with van der Waals surface area (Å²) in [5, 5.41) is 5.83. The summed E-state index contributed by atoms with van der Waals surface area (Å²) in [4.78, 5) is 4.59. The molecule has 3 heteroatoms. The zero-order valence-corrected chi connectivity index (χ0v) is 12.3. The van der Waals surface area contributed by atoms with Gasteiger partial charge < -0.3 is 0 Å². The van der Waals surface area contributed by atoms with Crippen LogP contribution < -0.4 is 0 Å². The quantitative estimate of drug-likeness (QED) is 0.546. The average molecular weight is 285 g/mol. The topological polar surface area (TPSA) is 30.7 Å². The molecular formula is C19H15N3. The first-order chi connectivity index (χ1) is 10.8. The molecule has 0 N–H and O–H groups in total. The van der Waals surface area contributed by atoms with Crippen LogP contribution in [0.25, 0.3) is 27.8 Å². The molecule has 0 saturated carbocycles. The summed E-state index contributed by atoms with van der Waals surface area (Å²) in [6.07, 6.45) is 1.85. The van der Waals surface area contributed by atoms with Crippen molar-refractivity contribution in [3.05, 3.63) is 78.6 Å². The lowest BCUT2D eigenvalue weighted by atomic mass is 10.1. The number of pyridine rings is 1. The summed E-state index contributed by atoms with van der Waals surface area (Å²) in [6.45, 7) is 2.04. The van der Waals surface area contributed by atoms with Crippen molar-refractivity contribution in [1.82, 2.24) is 14.8 Å². The third-order valence-corrected chi connectivity index (χ3v) is 3.82. The molecule has 22 heavy (non-hydrogen) atoms. The summed E-state index contributed by atoms with van der Waals surface area (Å²) in [7, 11) is 0. The fourth-order valence-electron chi connectivity index (χ4n) is 2.82. The fourth-order valence-corrected chi connectivity index (χ4v) is 2.82. The third kappa shape index (κ3) is 1.99. The minimum atomic E-state index is 0.984. The molecule has 2 heterocycles. The largest absolute Gasteiger partial charge is 0.255 e. The van der Waals surface area contributed by atoms with Crippen LogP contribution in [-0.4, -0.2) is 14.8 Å². The maximum atomic E-state index is 4.72. The van der Waals surface area contributed by atoms with E-state index < -0.39 is 0 Å². The zero-order valence-electron chi connectivity index (χ0n) is 12.3. The summed E-state index contributed by atoms with van der Waals surface area (Å²) >= 11 is 0. The van der Waals surface area contributed by atoms with Crippen molar-refractivity contribution in [1.29, 1.82) is 0 Å². The predicted molar refractivity (Wildman–Crippen MR) is 89.0 cm³/mol. The second-order valence-electron chi connectivity index (χ2n) is 5.25. The highest BCUT2D eigenvalue weighted by Crippen LogP contribution is 2.30. The molecule has 2 aromatic heterocycles. The van der Waals surface area contributed by atoms with Crippen LogP contribution in [0.15, 0.2) is 72.9 Å². The number of fused-ring (bicyclic) bond motifs is 1. The highest BCUT2D eigenvalue weighted by Gasteiger charge is 2.14. The standard InChI is InChI=1S/C19H15N3/c1-14-18-17(22(21-14)16-10-6-3-7-11-16)12-13-20-19(18)15-8-4-2-5-9-15/h2-13H,1H3. The van der Waals surface area contributed by atoms with Crippen LogP contribution in [0.3, 0.4) is 0 Å². The first kappa shape index (κ1) is 12.8. The van der Waals surface area contributed by atoms with Gasteiger partial charge in [-0.25, -0.2) is 4.68 Å². The fraction of sp³-hybridized carbons (Fsp3) is 0.0526. The molecule has 0 saturated heterocycles. The minimum absolute atomic E-state index is 0.984. The third-order valence-electron chi connectivity index (χ3n) is 3.82. The van der Waals surface area contributed by atoms with E-state index in [1.54, 1.807) is 0 Å². The number of nitrogens with zero attached hydrogens (tertiary/aromatic N) is 3. The molecule has 0 radical (unpaired) electrons. The highest BCUT2D eigenvalue weighted by atomic mass is 15.3. The summed E-state index contributed by atoms with van der Waals surface area (Å²) in [5.74, 6) is 0. The maximum Gasteiger partial charge on any atom is 0.0814 e. The molecule has 106 valence electrons. The Bertz CT molecular complexity index is 925. The van der Waals surface area contributed by atoms with Crippen molar-refractivity contribution in [2.75, 3.05) is 0 Å². The van der Waals surface area contributed by atoms with E-state index in [1.165, 1.54) is 0 Å². The van der Waals surface area contributed by atoms with E-state index >= 15 is 0 Å². The Morgan fingerprint density at radius 2 is 1.50 bits per heavy atom. The minimum Gasteiger partial charge on any atom is -0.255 e. The molecule has 0 aliphatic carbocycles. The van der Waals surface area contributed by atoms with Gasteiger partial charge in [0.05, 0.1) is 22.6 Å². The van der Waals surface area contributed by atoms with E-state index in [4.69, 9.17) is 5.10 Å². The Morgan fingerprint density at radius 1 is 0.818 bits per heavy atom. The summed E-state index contributed by atoms with van der Waals surface area (Å²) < 4.78 is 1.98. The van der Waals surface area contributed by atoms with E-state index in [0.717, 1.165) is 33.5 Å². The number of para-hydroxylation sites is 1. The van der Waals surface area contributed by atoms with Gasteiger partial charge in [0.2, 0.25) is 0 Å². The van der Waals surface area contributed by atoms with Crippen LogP contribution in [0.5, 0.6) is 0 Å². The Morgan fingerprint density at radius 3 is 2.23 bits per heavy atom. The molecule has 0 atom stereocenters. The van der Waals surface area contributed by atoms with Crippen LogP contribution in [0.1, 0.15) is 5.69 Å². The number of aryl methyl sites for hydroxylation is 1. The van der Waals surface area contributed by atoms with Crippen LogP contribution >= 0.6 is 0 Å². The van der Waals surface area contributed by atoms with E-state index in [1.807, 2.05) is 60.3 Å². The molecule has 0 fully saturated rings. The normalized spacial score (nSPS) is 11.0. The van der Waals surface area contributed by atoms with Gasteiger partial charge in [-0.15, -0.1) is 0 Å². The Hall–Kier alpha value is -2.94. The van der Waals surface area contributed by atoms with Crippen molar-refractivity contribution in [3.63, 3.8) is 0 Å².